The Balaban J connectivity index is 2.25. The van der Waals surface area contributed by atoms with Crippen LogP contribution < -0.4 is 11.3 Å². The number of nitrogens with two attached hydrogens (primary N) is 1. The lowest BCUT2D eigenvalue weighted by atomic mass is 10.1. The number of carbonyl (C=O) groups excluding carboxylic acids is 1. The third-order valence-electron chi connectivity index (χ3n) is 3.37. The molecule has 1 aromatic heterocycles. The molecule has 0 aliphatic carbocycles. The number of aromatic nitrogens is 1. The molecule has 3 aromatic rings. The van der Waals surface area contributed by atoms with Gasteiger partial charge in [0, 0.05) is 15.7 Å². The lowest BCUT2D eigenvalue weighted by Gasteiger charge is -2.11. The number of nitrogens with zero attached hydrogens (tertiary/aromatic N) is 1. The fraction of sp³-hybridized carbons (Fsp3) is 0.125. The minimum absolute atomic E-state index is 0.193. The predicted molar refractivity (Wildman–Crippen MR) is 87.0 cm³/mol. The van der Waals surface area contributed by atoms with Crippen LogP contribution in [0.4, 0.5) is 0 Å². The van der Waals surface area contributed by atoms with Crippen LogP contribution in [-0.4, -0.2) is 16.6 Å². The van der Waals surface area contributed by atoms with Gasteiger partial charge in [0.15, 0.2) is 0 Å². The maximum atomic E-state index is 11.5. The van der Waals surface area contributed by atoms with Crippen molar-refractivity contribution < 1.29 is 4.79 Å². The molecule has 2 aromatic carbocycles. The third-order valence-corrected chi connectivity index (χ3v) is 4.51. The first-order valence-corrected chi connectivity index (χ1v) is 7.59. The van der Waals surface area contributed by atoms with Crippen LogP contribution in [-0.2, 0) is 4.79 Å². The standard InChI is InChI=1S/C16H15N3OS/c1-10-5-4-7-12-15(10)18-13-8-3-2-6-11(13)16(12)21-9-14(20)19-17/h2-8H,9,17H2,1H3,(H,19,20). The highest BCUT2D eigenvalue weighted by molar-refractivity contribution is 8.00. The first kappa shape index (κ1) is 13.9. The topological polar surface area (TPSA) is 68.0 Å². The van der Waals surface area contributed by atoms with E-state index in [1.807, 2.05) is 49.4 Å². The zero-order chi connectivity index (χ0) is 14.8. The van der Waals surface area contributed by atoms with Gasteiger partial charge in [0.1, 0.15) is 0 Å². The summed E-state index contributed by atoms with van der Waals surface area (Å²) in [4.78, 5) is 17.3. The van der Waals surface area contributed by atoms with Crippen molar-refractivity contribution in [3.05, 3.63) is 48.0 Å². The molecule has 0 atom stereocenters. The van der Waals surface area contributed by atoms with Crippen molar-refractivity contribution in [2.24, 2.45) is 5.84 Å². The van der Waals surface area contributed by atoms with E-state index in [4.69, 9.17) is 10.8 Å². The number of carbonyl (C=O) groups is 1. The molecule has 0 bridgehead atoms. The highest BCUT2D eigenvalue weighted by Crippen LogP contribution is 2.34. The minimum atomic E-state index is -0.193. The van der Waals surface area contributed by atoms with Gasteiger partial charge in [0.25, 0.3) is 0 Å². The number of para-hydroxylation sites is 2. The summed E-state index contributed by atoms with van der Waals surface area (Å²) < 4.78 is 0. The Hall–Kier alpha value is -2.11. The Bertz CT molecular complexity index is 832. The number of aryl methyl sites for hydroxylation is 1. The molecule has 0 unspecified atom stereocenters. The van der Waals surface area contributed by atoms with E-state index in [0.717, 1.165) is 32.3 Å². The van der Waals surface area contributed by atoms with Crippen LogP contribution in [0.2, 0.25) is 0 Å². The van der Waals surface area contributed by atoms with Gasteiger partial charge in [-0.15, -0.1) is 11.8 Å². The van der Waals surface area contributed by atoms with Crippen LogP contribution in [0.25, 0.3) is 21.8 Å². The SMILES string of the molecule is Cc1cccc2c(SCC(=O)NN)c3ccccc3nc12. The van der Waals surface area contributed by atoms with E-state index < -0.39 is 0 Å². The van der Waals surface area contributed by atoms with E-state index in [2.05, 4.69) is 5.43 Å². The second-order valence-electron chi connectivity index (χ2n) is 4.79. The molecule has 21 heavy (non-hydrogen) atoms. The van der Waals surface area contributed by atoms with Crippen LogP contribution >= 0.6 is 11.8 Å². The first-order chi connectivity index (χ1) is 10.2. The highest BCUT2D eigenvalue weighted by atomic mass is 32.2. The van der Waals surface area contributed by atoms with Crippen LogP contribution in [0.15, 0.2) is 47.4 Å². The van der Waals surface area contributed by atoms with Crippen LogP contribution in [0.5, 0.6) is 0 Å². The number of pyridine rings is 1. The number of nitrogens with one attached hydrogen (secondary N) is 1. The van der Waals surface area contributed by atoms with Gasteiger partial charge in [0.05, 0.1) is 16.8 Å². The van der Waals surface area contributed by atoms with E-state index >= 15 is 0 Å². The van der Waals surface area contributed by atoms with Crippen LogP contribution in [0.1, 0.15) is 5.56 Å². The number of amides is 1. The molecular formula is C16H15N3OS. The summed E-state index contributed by atoms with van der Waals surface area (Å²) in [6.07, 6.45) is 0. The molecule has 0 spiro atoms. The smallest absolute Gasteiger partial charge is 0.244 e. The summed E-state index contributed by atoms with van der Waals surface area (Å²) >= 11 is 1.49. The Morgan fingerprint density at radius 2 is 1.95 bits per heavy atom. The third kappa shape index (κ3) is 2.57. The van der Waals surface area contributed by atoms with Crippen LogP contribution in [0, 0.1) is 6.92 Å². The Kier molecular flexibility index (Phi) is 3.77. The summed E-state index contributed by atoms with van der Waals surface area (Å²) in [5.41, 5.74) is 5.21. The van der Waals surface area contributed by atoms with E-state index in [9.17, 15) is 4.79 Å². The quantitative estimate of drug-likeness (QED) is 0.256. The molecular weight excluding hydrogens is 282 g/mol. The molecule has 1 heterocycles. The van der Waals surface area contributed by atoms with Gasteiger partial charge in [-0.3, -0.25) is 10.2 Å². The average Bonchev–Trinajstić information content (AvgIpc) is 2.52. The molecule has 4 nitrogen and oxygen atoms in total. The maximum Gasteiger partial charge on any atom is 0.244 e. The Morgan fingerprint density at radius 1 is 1.19 bits per heavy atom. The van der Waals surface area contributed by atoms with E-state index in [1.165, 1.54) is 11.8 Å². The summed E-state index contributed by atoms with van der Waals surface area (Å²) in [5.74, 6) is 5.25. The molecule has 3 rings (SSSR count). The molecule has 0 saturated heterocycles. The Labute approximate surface area is 126 Å². The van der Waals surface area contributed by atoms with Crippen molar-refractivity contribution in [3.63, 3.8) is 0 Å². The van der Waals surface area contributed by atoms with Gasteiger partial charge >= 0.3 is 0 Å². The molecule has 106 valence electrons. The number of rotatable bonds is 3. The normalized spacial score (nSPS) is 11.0. The van der Waals surface area contributed by atoms with Crippen molar-refractivity contribution in [2.45, 2.75) is 11.8 Å². The van der Waals surface area contributed by atoms with Gasteiger partial charge < -0.3 is 0 Å². The second kappa shape index (κ2) is 5.71. The Morgan fingerprint density at radius 3 is 2.76 bits per heavy atom. The van der Waals surface area contributed by atoms with E-state index in [0.29, 0.717) is 0 Å². The fourth-order valence-electron chi connectivity index (χ4n) is 2.35. The summed E-state index contributed by atoms with van der Waals surface area (Å²) in [7, 11) is 0. The van der Waals surface area contributed by atoms with Crippen molar-refractivity contribution in [1.82, 2.24) is 10.4 Å². The summed E-state index contributed by atoms with van der Waals surface area (Å²) in [5, 5.41) is 2.13. The van der Waals surface area contributed by atoms with Gasteiger partial charge in [-0.25, -0.2) is 10.8 Å². The molecule has 3 N–H and O–H groups in total. The van der Waals surface area contributed by atoms with Gasteiger partial charge in [-0.1, -0.05) is 36.4 Å². The van der Waals surface area contributed by atoms with Gasteiger partial charge in [-0.05, 0) is 18.6 Å². The van der Waals surface area contributed by atoms with Crippen molar-refractivity contribution in [1.29, 1.82) is 0 Å². The molecule has 0 aliphatic heterocycles. The van der Waals surface area contributed by atoms with Crippen LogP contribution in [0.3, 0.4) is 0 Å². The lowest BCUT2D eigenvalue weighted by molar-refractivity contribution is -0.118. The molecule has 0 radical (unpaired) electrons. The lowest BCUT2D eigenvalue weighted by Crippen LogP contribution is -2.31. The van der Waals surface area contributed by atoms with Gasteiger partial charge in [-0.2, -0.15) is 0 Å². The molecule has 0 saturated carbocycles. The number of hydrazine groups is 1. The summed E-state index contributed by atoms with van der Waals surface area (Å²) in [6.45, 7) is 2.05. The molecule has 0 aliphatic rings. The number of thioether (sulfide) groups is 1. The van der Waals surface area contributed by atoms with Crippen molar-refractivity contribution >= 4 is 39.5 Å². The van der Waals surface area contributed by atoms with E-state index in [1.54, 1.807) is 0 Å². The fourth-order valence-corrected chi connectivity index (χ4v) is 3.36. The first-order valence-electron chi connectivity index (χ1n) is 6.61. The second-order valence-corrected chi connectivity index (χ2v) is 5.77. The monoisotopic (exact) mass is 297 g/mol. The number of hydrogen-bond acceptors (Lipinski definition) is 4. The van der Waals surface area contributed by atoms with Crippen molar-refractivity contribution in [2.75, 3.05) is 5.75 Å². The largest absolute Gasteiger partial charge is 0.294 e. The molecule has 0 fully saturated rings. The molecule has 5 heteroatoms. The predicted octanol–water partition coefficient (Wildman–Crippen LogP) is 2.78. The van der Waals surface area contributed by atoms with Gasteiger partial charge in [0.2, 0.25) is 5.91 Å². The summed E-state index contributed by atoms with van der Waals surface area (Å²) in [6, 6.07) is 14.1. The zero-order valence-corrected chi connectivity index (χ0v) is 12.4. The number of fused-ring (bicyclic) bond motifs is 2. The minimum Gasteiger partial charge on any atom is -0.294 e. The molecule has 1 amide bonds. The maximum absolute atomic E-state index is 11.5. The number of benzene rings is 2. The average molecular weight is 297 g/mol. The van der Waals surface area contributed by atoms with E-state index in [-0.39, 0.29) is 11.7 Å². The van der Waals surface area contributed by atoms with Crippen molar-refractivity contribution in [3.8, 4) is 0 Å². The highest BCUT2D eigenvalue weighted by Gasteiger charge is 2.12. The zero-order valence-electron chi connectivity index (χ0n) is 11.6. The number of hydrogen-bond donors (Lipinski definition) is 2.